The van der Waals surface area contributed by atoms with Gasteiger partial charge in [-0.1, -0.05) is 19.3 Å². The summed E-state index contributed by atoms with van der Waals surface area (Å²) in [6.07, 6.45) is 7.51. The van der Waals surface area contributed by atoms with Crippen molar-refractivity contribution in [1.29, 1.82) is 0 Å². The molecule has 0 aliphatic heterocycles. The van der Waals surface area contributed by atoms with Crippen molar-refractivity contribution in [3.05, 3.63) is 54.4 Å². The van der Waals surface area contributed by atoms with E-state index in [4.69, 9.17) is 4.74 Å². The number of carbonyl (C=O) groups excluding carboxylic acids is 1. The van der Waals surface area contributed by atoms with Gasteiger partial charge in [0.05, 0.1) is 12.0 Å². The first-order valence-corrected chi connectivity index (χ1v) is 11.4. The van der Waals surface area contributed by atoms with Crippen molar-refractivity contribution in [3.8, 4) is 5.75 Å². The van der Waals surface area contributed by atoms with Gasteiger partial charge in [0.15, 0.2) is 0 Å². The molecule has 0 spiro atoms. The molecule has 2 N–H and O–H groups in total. The van der Waals surface area contributed by atoms with Gasteiger partial charge in [0, 0.05) is 18.9 Å². The Morgan fingerprint density at radius 2 is 1.80 bits per heavy atom. The molecular weight excluding hydrogens is 406 g/mol. The number of hydroxylamine groups is 1. The molecule has 1 aliphatic carbocycles. The lowest BCUT2D eigenvalue weighted by Gasteiger charge is -2.36. The van der Waals surface area contributed by atoms with E-state index in [1.807, 2.05) is 0 Å². The minimum Gasteiger partial charge on any atom is -0.497 e. The molecule has 0 saturated heterocycles. The third-order valence-corrected chi connectivity index (χ3v) is 7.38. The van der Waals surface area contributed by atoms with E-state index in [1.54, 1.807) is 42.1 Å². The van der Waals surface area contributed by atoms with Crippen molar-refractivity contribution in [2.24, 2.45) is 5.92 Å². The average molecular weight is 434 g/mol. The van der Waals surface area contributed by atoms with E-state index in [2.05, 4.69) is 4.98 Å². The maximum atomic E-state index is 13.6. The number of nitrogens with one attached hydrogen (secondary N) is 1. The monoisotopic (exact) mass is 433 g/mol. The number of pyridine rings is 1. The molecule has 1 aromatic heterocycles. The van der Waals surface area contributed by atoms with Gasteiger partial charge in [-0.25, -0.2) is 13.9 Å². The fourth-order valence-corrected chi connectivity index (χ4v) is 5.62. The molecule has 8 nitrogen and oxygen atoms in total. The zero-order valence-electron chi connectivity index (χ0n) is 16.9. The SMILES string of the molecule is COc1ccc(S(=O)(=O)N(Cc2ccncc2)[C@@H](C(=O)NO)C2CCCCC2)cc1. The lowest BCUT2D eigenvalue weighted by molar-refractivity contribution is -0.135. The Labute approximate surface area is 176 Å². The predicted octanol–water partition coefficient (Wildman–Crippen LogP) is 2.74. The number of methoxy groups -OCH3 is 1. The molecule has 1 heterocycles. The summed E-state index contributed by atoms with van der Waals surface area (Å²) in [5.41, 5.74) is 2.40. The standard InChI is InChI=1S/C21H27N3O5S/c1-29-18-7-9-19(10-8-18)30(27,28)24(15-16-11-13-22-14-12-16)20(21(25)23-26)17-5-3-2-4-6-17/h7-14,17,20,26H,2-6,15H2,1H3,(H,23,25)/t20-/m1/s1. The van der Waals surface area contributed by atoms with Crippen LogP contribution in [0.3, 0.4) is 0 Å². The minimum absolute atomic E-state index is 0.00846. The van der Waals surface area contributed by atoms with E-state index in [0.717, 1.165) is 32.1 Å². The summed E-state index contributed by atoms with van der Waals surface area (Å²) < 4.78 is 33.6. The smallest absolute Gasteiger partial charge is 0.262 e. The Morgan fingerprint density at radius 1 is 1.17 bits per heavy atom. The third-order valence-electron chi connectivity index (χ3n) is 5.54. The van der Waals surface area contributed by atoms with E-state index in [0.29, 0.717) is 11.3 Å². The minimum atomic E-state index is -4.04. The summed E-state index contributed by atoms with van der Waals surface area (Å²) in [6, 6.07) is 8.47. The highest BCUT2D eigenvalue weighted by molar-refractivity contribution is 7.89. The van der Waals surface area contributed by atoms with Gasteiger partial charge in [-0.2, -0.15) is 4.31 Å². The maximum absolute atomic E-state index is 13.6. The highest BCUT2D eigenvalue weighted by Gasteiger charge is 2.41. The average Bonchev–Trinajstić information content (AvgIpc) is 2.80. The Kier molecular flexibility index (Phi) is 7.41. The quantitative estimate of drug-likeness (QED) is 0.489. The molecular formula is C21H27N3O5S. The third kappa shape index (κ3) is 4.97. The van der Waals surface area contributed by atoms with Gasteiger partial charge >= 0.3 is 0 Å². The first-order chi connectivity index (χ1) is 14.5. The van der Waals surface area contributed by atoms with Crippen molar-refractivity contribution in [2.45, 2.75) is 49.6 Å². The predicted molar refractivity (Wildman–Crippen MR) is 110 cm³/mol. The van der Waals surface area contributed by atoms with Crippen molar-refractivity contribution in [2.75, 3.05) is 7.11 Å². The van der Waals surface area contributed by atoms with E-state index < -0.39 is 22.0 Å². The van der Waals surface area contributed by atoms with Crippen LogP contribution in [0.2, 0.25) is 0 Å². The number of aromatic nitrogens is 1. The van der Waals surface area contributed by atoms with Gasteiger partial charge in [-0.3, -0.25) is 15.0 Å². The molecule has 9 heteroatoms. The van der Waals surface area contributed by atoms with Crippen LogP contribution in [0.1, 0.15) is 37.7 Å². The molecule has 3 rings (SSSR count). The van der Waals surface area contributed by atoms with Crippen LogP contribution in [-0.2, 0) is 21.4 Å². The highest BCUT2D eigenvalue weighted by Crippen LogP contribution is 2.33. The summed E-state index contributed by atoms with van der Waals surface area (Å²) in [4.78, 5) is 16.8. The second-order valence-corrected chi connectivity index (χ2v) is 9.29. The van der Waals surface area contributed by atoms with Crippen LogP contribution in [0.5, 0.6) is 5.75 Å². The summed E-state index contributed by atoms with van der Waals surface area (Å²) in [6.45, 7) is -0.00846. The lowest BCUT2D eigenvalue weighted by atomic mass is 9.83. The normalized spacial score (nSPS) is 16.2. The second kappa shape index (κ2) is 10.0. The summed E-state index contributed by atoms with van der Waals surface area (Å²) in [7, 11) is -2.54. The van der Waals surface area contributed by atoms with Crippen molar-refractivity contribution in [1.82, 2.24) is 14.8 Å². The number of hydrogen-bond donors (Lipinski definition) is 2. The van der Waals surface area contributed by atoms with E-state index in [1.165, 1.54) is 23.5 Å². The summed E-state index contributed by atoms with van der Waals surface area (Å²) in [5.74, 6) is -0.361. The van der Waals surface area contributed by atoms with Crippen LogP contribution in [0, 0.1) is 5.92 Å². The van der Waals surface area contributed by atoms with Crippen molar-refractivity contribution >= 4 is 15.9 Å². The number of sulfonamides is 1. The molecule has 1 fully saturated rings. The van der Waals surface area contributed by atoms with Crippen LogP contribution in [0.4, 0.5) is 0 Å². The van der Waals surface area contributed by atoms with E-state index in [9.17, 15) is 18.4 Å². The molecule has 1 saturated carbocycles. The van der Waals surface area contributed by atoms with Crippen molar-refractivity contribution in [3.63, 3.8) is 0 Å². The van der Waals surface area contributed by atoms with Crippen molar-refractivity contribution < 1.29 is 23.2 Å². The number of amides is 1. The summed E-state index contributed by atoms with van der Waals surface area (Å²) in [5, 5.41) is 9.41. The molecule has 162 valence electrons. The number of carbonyl (C=O) groups is 1. The number of rotatable bonds is 8. The molecule has 0 unspecified atom stereocenters. The Morgan fingerprint density at radius 3 is 2.37 bits per heavy atom. The zero-order chi connectivity index (χ0) is 21.6. The zero-order valence-corrected chi connectivity index (χ0v) is 17.7. The highest BCUT2D eigenvalue weighted by atomic mass is 32.2. The molecule has 0 bridgehead atoms. The van der Waals surface area contributed by atoms with Gasteiger partial charge in [-0.05, 0) is 60.7 Å². The van der Waals surface area contributed by atoms with E-state index in [-0.39, 0.29) is 17.4 Å². The molecule has 1 atom stereocenters. The first kappa shape index (κ1) is 22.2. The Balaban J connectivity index is 2.05. The second-order valence-electron chi connectivity index (χ2n) is 7.40. The topological polar surface area (TPSA) is 109 Å². The first-order valence-electron chi connectivity index (χ1n) is 9.96. The Hall–Kier alpha value is -2.49. The number of hydrogen-bond acceptors (Lipinski definition) is 6. The lowest BCUT2D eigenvalue weighted by Crippen LogP contribution is -2.52. The largest absolute Gasteiger partial charge is 0.497 e. The fraction of sp³-hybridized carbons (Fsp3) is 0.429. The van der Waals surface area contributed by atoms with Crippen LogP contribution < -0.4 is 10.2 Å². The number of nitrogens with zero attached hydrogens (tertiary/aromatic N) is 2. The Bertz CT molecular complexity index is 929. The molecule has 1 amide bonds. The van der Waals surface area contributed by atoms with Crippen LogP contribution in [-0.4, -0.2) is 42.0 Å². The van der Waals surface area contributed by atoms with Gasteiger partial charge < -0.3 is 4.74 Å². The molecule has 2 aromatic rings. The van der Waals surface area contributed by atoms with Crippen LogP contribution in [0.25, 0.3) is 0 Å². The fourth-order valence-electron chi connectivity index (χ4n) is 3.98. The van der Waals surface area contributed by atoms with Crippen LogP contribution in [0.15, 0.2) is 53.7 Å². The van der Waals surface area contributed by atoms with Gasteiger partial charge in [0.25, 0.3) is 5.91 Å². The maximum Gasteiger partial charge on any atom is 0.262 e. The van der Waals surface area contributed by atoms with Gasteiger partial charge in [-0.15, -0.1) is 0 Å². The van der Waals surface area contributed by atoms with E-state index >= 15 is 0 Å². The summed E-state index contributed by atoms with van der Waals surface area (Å²) >= 11 is 0. The molecule has 1 aromatic carbocycles. The van der Waals surface area contributed by atoms with Crippen LogP contribution >= 0.6 is 0 Å². The number of benzene rings is 1. The molecule has 30 heavy (non-hydrogen) atoms. The van der Waals surface area contributed by atoms with Gasteiger partial charge in [0.2, 0.25) is 10.0 Å². The molecule has 1 aliphatic rings. The number of ether oxygens (including phenoxy) is 1. The van der Waals surface area contributed by atoms with Gasteiger partial charge in [0.1, 0.15) is 11.8 Å². The molecule has 0 radical (unpaired) electrons.